The van der Waals surface area contributed by atoms with Crippen LogP contribution in [-0.4, -0.2) is 99.6 Å². The topological polar surface area (TPSA) is 175 Å². The van der Waals surface area contributed by atoms with Crippen LogP contribution in [0.5, 0.6) is 0 Å². The summed E-state index contributed by atoms with van der Waals surface area (Å²) in [5.41, 5.74) is 0. The lowest BCUT2D eigenvalue weighted by Gasteiger charge is -2.41. The van der Waals surface area contributed by atoms with E-state index >= 15 is 0 Å². The van der Waals surface area contributed by atoms with E-state index < -0.39 is 67.4 Å². The highest BCUT2D eigenvalue weighted by molar-refractivity contribution is 5.80. The molecule has 0 radical (unpaired) electrons. The summed E-state index contributed by atoms with van der Waals surface area (Å²) in [5.74, 6) is -1.19. The molecule has 0 saturated carbocycles. The molecule has 0 aromatic heterocycles. The summed E-state index contributed by atoms with van der Waals surface area (Å²) in [7, 11) is 0. The van der Waals surface area contributed by atoms with Crippen molar-refractivity contribution in [3.63, 3.8) is 0 Å². The molecule has 524 valence electrons. The first-order valence-corrected chi connectivity index (χ1v) is 38.2. The summed E-state index contributed by atoms with van der Waals surface area (Å²) in [6.07, 6.45) is 76.6. The zero-order valence-electron chi connectivity index (χ0n) is 58.5. The van der Waals surface area contributed by atoms with Gasteiger partial charge < -0.3 is 45.1 Å². The predicted molar refractivity (Wildman–Crippen MR) is 379 cm³/mol. The van der Waals surface area contributed by atoms with E-state index in [2.05, 4.69) is 86.8 Å². The molecule has 1 aliphatic heterocycles. The van der Waals surface area contributed by atoms with E-state index in [4.69, 9.17) is 14.2 Å². The van der Waals surface area contributed by atoms with Gasteiger partial charge in [-0.1, -0.05) is 325 Å². The van der Waals surface area contributed by atoms with Gasteiger partial charge in [0, 0.05) is 6.42 Å². The Morgan fingerprint density at radius 2 is 0.767 bits per heavy atom. The number of rotatable bonds is 66. The monoisotopic (exact) mass is 1270 g/mol. The molecule has 0 bridgehead atoms. The largest absolute Gasteiger partial charge is 0.454 e. The number of aliphatic hydroxyl groups is 5. The van der Waals surface area contributed by atoms with Crippen LogP contribution in [0, 0.1) is 0 Å². The third kappa shape index (κ3) is 52.5. The second-order valence-corrected chi connectivity index (χ2v) is 26.4. The Hall–Kier alpha value is -2.90. The van der Waals surface area contributed by atoms with Crippen molar-refractivity contribution >= 4 is 11.9 Å². The van der Waals surface area contributed by atoms with Gasteiger partial charge >= 0.3 is 5.97 Å². The number of nitrogens with one attached hydrogen (secondary N) is 1. The molecule has 0 aliphatic carbocycles. The Balaban J connectivity index is 2.53. The molecule has 1 saturated heterocycles. The van der Waals surface area contributed by atoms with E-state index in [0.717, 1.165) is 83.5 Å². The van der Waals surface area contributed by atoms with Gasteiger partial charge in [-0.3, -0.25) is 9.59 Å². The number of unbranched alkanes of at least 4 members (excludes halogenated alkanes) is 42. The van der Waals surface area contributed by atoms with Crippen LogP contribution >= 0.6 is 0 Å². The lowest BCUT2D eigenvalue weighted by atomic mass is 9.99. The fraction of sp³-hybridized carbons (Fsp3) is 0.823. The van der Waals surface area contributed by atoms with E-state index in [-0.39, 0.29) is 19.4 Å². The Morgan fingerprint density at radius 3 is 1.18 bits per heavy atom. The smallest absolute Gasteiger partial charge is 0.306 e. The second-order valence-electron chi connectivity index (χ2n) is 26.4. The molecule has 8 atom stereocenters. The lowest BCUT2D eigenvalue weighted by Crippen LogP contribution is -2.61. The number of carbonyl (C=O) groups is 2. The molecule has 90 heavy (non-hydrogen) atoms. The van der Waals surface area contributed by atoms with E-state index in [1.807, 2.05) is 6.08 Å². The summed E-state index contributed by atoms with van der Waals surface area (Å²) in [6, 6.07) is -1.03. The molecular weight excluding hydrogens is 1120 g/mol. The Labute approximate surface area is 553 Å². The molecule has 11 nitrogen and oxygen atoms in total. The average Bonchev–Trinajstić information content (AvgIpc) is 2.18. The third-order valence-corrected chi connectivity index (χ3v) is 17.8. The molecular formula is C79H143NO10. The maximum Gasteiger partial charge on any atom is 0.306 e. The van der Waals surface area contributed by atoms with E-state index in [1.165, 1.54) is 225 Å². The standard InChI is InChI=1S/C79H143NO10/c1-4-7-10-13-16-19-22-25-27-29-31-33-35-37-39-41-43-45-47-49-52-55-58-61-64-67-74(84)90-77-76(86)75(85)73(68-81)89-79(77)88-69-70(71(82)65-62-59-56-53-50-24-21-18-15-12-9-6-3)80-78(87)72(83)66-63-60-57-54-51-48-46-44-42-40-38-36-34-32-30-28-26-23-20-17-14-11-8-5-2/h17,20,25-28,32,34,38,40,62,65,70-73,75-77,79,81-83,85-86H,4-16,18-19,21-24,29-31,33,35-37,39,41-61,63-64,66-69H2,1-3H3,(H,80,87)/b20-17-,27-25+,28-26-,34-32-,40-38-,65-62+. The number of hydrogen-bond donors (Lipinski definition) is 6. The number of ether oxygens (including phenoxy) is 3. The van der Waals surface area contributed by atoms with Crippen molar-refractivity contribution in [2.24, 2.45) is 0 Å². The van der Waals surface area contributed by atoms with Crippen LogP contribution in [0.25, 0.3) is 0 Å². The van der Waals surface area contributed by atoms with Gasteiger partial charge in [0.1, 0.15) is 24.4 Å². The summed E-state index contributed by atoms with van der Waals surface area (Å²) in [6.45, 7) is 5.80. The highest BCUT2D eigenvalue weighted by Gasteiger charge is 2.47. The van der Waals surface area contributed by atoms with Crippen molar-refractivity contribution in [3.05, 3.63) is 72.9 Å². The predicted octanol–water partition coefficient (Wildman–Crippen LogP) is 20.2. The fourth-order valence-electron chi connectivity index (χ4n) is 11.8. The molecule has 1 rings (SSSR count). The van der Waals surface area contributed by atoms with Crippen LogP contribution in [0.15, 0.2) is 72.9 Å². The average molecular weight is 1270 g/mol. The van der Waals surface area contributed by atoms with Crippen LogP contribution in [0.3, 0.4) is 0 Å². The van der Waals surface area contributed by atoms with Gasteiger partial charge in [-0.25, -0.2) is 0 Å². The van der Waals surface area contributed by atoms with Gasteiger partial charge in [0.2, 0.25) is 5.91 Å². The number of aliphatic hydroxyl groups excluding tert-OH is 5. The maximum absolute atomic E-state index is 13.5. The summed E-state index contributed by atoms with van der Waals surface area (Å²) < 4.78 is 17.7. The highest BCUT2D eigenvalue weighted by Crippen LogP contribution is 2.26. The number of carbonyl (C=O) groups excluding carboxylic acids is 2. The molecule has 1 aliphatic rings. The summed E-state index contributed by atoms with van der Waals surface area (Å²) in [5, 5.41) is 57.4. The fourth-order valence-corrected chi connectivity index (χ4v) is 11.8. The molecule has 0 aromatic rings. The molecule has 1 amide bonds. The Morgan fingerprint density at radius 1 is 0.433 bits per heavy atom. The van der Waals surface area contributed by atoms with Crippen molar-refractivity contribution in [2.45, 2.75) is 404 Å². The van der Waals surface area contributed by atoms with E-state index in [0.29, 0.717) is 12.8 Å². The van der Waals surface area contributed by atoms with Gasteiger partial charge in [-0.15, -0.1) is 0 Å². The van der Waals surface area contributed by atoms with Crippen LogP contribution in [-0.2, 0) is 23.8 Å². The SMILES string of the molecule is CCCCC/C=C\C/C=C\C/C=C\C/C=C\CCCCCCCCCCC(O)C(=O)NC(COC1OC(CO)C(O)C(O)C1OC(=O)CCCCCCCCCCCCCCCCC/C=C/CCCCCCCC)C(O)/C=C/CCCCCCCCCCCC. The number of esters is 1. The molecule has 8 unspecified atom stereocenters. The van der Waals surface area contributed by atoms with Crippen molar-refractivity contribution in [1.29, 1.82) is 0 Å². The summed E-state index contributed by atoms with van der Waals surface area (Å²) in [4.78, 5) is 26.7. The third-order valence-electron chi connectivity index (χ3n) is 17.8. The van der Waals surface area contributed by atoms with E-state index in [9.17, 15) is 35.1 Å². The zero-order valence-corrected chi connectivity index (χ0v) is 58.5. The van der Waals surface area contributed by atoms with Crippen LogP contribution in [0.2, 0.25) is 0 Å². The minimum atomic E-state index is -1.62. The lowest BCUT2D eigenvalue weighted by molar-refractivity contribution is -0.305. The van der Waals surface area contributed by atoms with E-state index in [1.54, 1.807) is 6.08 Å². The molecule has 0 spiro atoms. The Kier molecular flexibility index (Phi) is 62.5. The van der Waals surface area contributed by atoms with Crippen LogP contribution < -0.4 is 5.32 Å². The van der Waals surface area contributed by atoms with Crippen LogP contribution in [0.1, 0.15) is 355 Å². The molecule has 1 fully saturated rings. The van der Waals surface area contributed by atoms with Gasteiger partial charge in [0.05, 0.1) is 25.4 Å². The first-order valence-electron chi connectivity index (χ1n) is 38.2. The second kappa shape index (κ2) is 66.1. The maximum atomic E-state index is 13.5. The van der Waals surface area contributed by atoms with Crippen molar-refractivity contribution < 1.29 is 49.3 Å². The first kappa shape index (κ1) is 85.1. The number of amides is 1. The Bertz CT molecular complexity index is 1750. The first-order chi connectivity index (χ1) is 44.2. The number of allylic oxidation sites excluding steroid dienone is 11. The van der Waals surface area contributed by atoms with Crippen molar-refractivity contribution in [1.82, 2.24) is 5.32 Å². The van der Waals surface area contributed by atoms with Gasteiger partial charge in [-0.05, 0) is 96.3 Å². The van der Waals surface area contributed by atoms with Crippen molar-refractivity contribution in [3.8, 4) is 0 Å². The highest BCUT2D eigenvalue weighted by atomic mass is 16.7. The minimum absolute atomic E-state index is 0.124. The quantitative estimate of drug-likeness (QED) is 0.0195. The van der Waals surface area contributed by atoms with Crippen molar-refractivity contribution in [2.75, 3.05) is 13.2 Å². The van der Waals surface area contributed by atoms with Gasteiger partial charge in [0.25, 0.3) is 0 Å². The normalized spacial score (nSPS) is 18.4. The summed E-state index contributed by atoms with van der Waals surface area (Å²) >= 11 is 0. The molecule has 1 heterocycles. The van der Waals surface area contributed by atoms with Crippen LogP contribution in [0.4, 0.5) is 0 Å². The minimum Gasteiger partial charge on any atom is -0.454 e. The molecule has 0 aromatic carbocycles. The molecule has 6 N–H and O–H groups in total. The number of hydrogen-bond acceptors (Lipinski definition) is 10. The zero-order chi connectivity index (χ0) is 65.3. The van der Waals surface area contributed by atoms with Gasteiger partial charge in [0.15, 0.2) is 12.4 Å². The molecule has 11 heteroatoms. The van der Waals surface area contributed by atoms with Gasteiger partial charge in [-0.2, -0.15) is 0 Å².